The van der Waals surface area contributed by atoms with Crippen LogP contribution < -0.4 is 19.5 Å². The molecule has 0 aliphatic heterocycles. The second-order valence-corrected chi connectivity index (χ2v) is 8.00. The molecule has 7 nitrogen and oxygen atoms in total. The number of nitrogens with zero attached hydrogens (tertiary/aromatic N) is 1. The van der Waals surface area contributed by atoms with Gasteiger partial charge in [-0.2, -0.15) is 0 Å². The topological polar surface area (TPSA) is 89.9 Å². The van der Waals surface area contributed by atoms with Crippen molar-refractivity contribution in [3.05, 3.63) is 65.7 Å². The van der Waals surface area contributed by atoms with Gasteiger partial charge in [-0.25, -0.2) is 9.78 Å². The number of rotatable bonds is 8. The Morgan fingerprint density at radius 2 is 1.62 bits per heavy atom. The minimum atomic E-state index is -0.932. The lowest BCUT2D eigenvalue weighted by molar-refractivity contribution is 0.0697. The molecule has 0 radical (unpaired) electrons. The van der Waals surface area contributed by atoms with E-state index >= 15 is 0 Å². The standard InChI is InChI=1S/C24H22N2O5S/c1-29-19-11-17(12-20(30-2)22(19)31-3)16-8-9-21-18(10-16)26-24(32-21)25-13-14-4-6-15(7-5-14)23(27)28/h4-12H,13H2,1-3H3,(H,25,26)(H,27,28). The molecule has 8 heteroatoms. The molecule has 0 saturated carbocycles. The van der Waals surface area contributed by atoms with Crippen LogP contribution in [0.3, 0.4) is 0 Å². The van der Waals surface area contributed by atoms with Crippen molar-refractivity contribution < 1.29 is 24.1 Å². The van der Waals surface area contributed by atoms with Crippen LogP contribution in [0.1, 0.15) is 15.9 Å². The number of carboxylic acids is 1. The molecule has 3 aromatic carbocycles. The van der Waals surface area contributed by atoms with Crippen LogP contribution in [0.2, 0.25) is 0 Å². The van der Waals surface area contributed by atoms with Crippen LogP contribution in [0.15, 0.2) is 54.6 Å². The summed E-state index contributed by atoms with van der Waals surface area (Å²) in [5, 5.41) is 13.1. The van der Waals surface area contributed by atoms with E-state index in [1.54, 1.807) is 56.9 Å². The Morgan fingerprint density at radius 3 is 2.22 bits per heavy atom. The third kappa shape index (κ3) is 4.31. The molecule has 0 bridgehead atoms. The third-order valence-electron chi connectivity index (χ3n) is 5.03. The number of aromatic carboxylic acids is 1. The minimum absolute atomic E-state index is 0.271. The van der Waals surface area contributed by atoms with Crippen molar-refractivity contribution in [1.29, 1.82) is 0 Å². The van der Waals surface area contributed by atoms with E-state index < -0.39 is 5.97 Å². The van der Waals surface area contributed by atoms with Crippen LogP contribution in [0.4, 0.5) is 5.13 Å². The fourth-order valence-electron chi connectivity index (χ4n) is 3.37. The first-order valence-corrected chi connectivity index (χ1v) is 10.6. The van der Waals surface area contributed by atoms with Crippen molar-refractivity contribution in [2.24, 2.45) is 0 Å². The summed E-state index contributed by atoms with van der Waals surface area (Å²) in [7, 11) is 4.77. The molecule has 164 valence electrons. The fraction of sp³-hybridized carbons (Fsp3) is 0.167. The van der Waals surface area contributed by atoms with Gasteiger partial charge in [-0.15, -0.1) is 0 Å². The highest BCUT2D eigenvalue weighted by atomic mass is 32.1. The second-order valence-electron chi connectivity index (χ2n) is 6.97. The quantitative estimate of drug-likeness (QED) is 0.376. The van der Waals surface area contributed by atoms with E-state index in [1.165, 1.54) is 0 Å². The Bertz CT molecular complexity index is 1240. The molecular formula is C24H22N2O5S. The van der Waals surface area contributed by atoms with Crippen LogP contribution in [0, 0.1) is 0 Å². The Hall–Kier alpha value is -3.78. The summed E-state index contributed by atoms with van der Waals surface area (Å²) in [5.74, 6) is 0.808. The van der Waals surface area contributed by atoms with Gasteiger partial charge in [-0.1, -0.05) is 29.5 Å². The SMILES string of the molecule is COc1cc(-c2ccc3sc(NCc4ccc(C(=O)O)cc4)nc3c2)cc(OC)c1OC. The number of fused-ring (bicyclic) bond motifs is 1. The van der Waals surface area contributed by atoms with Crippen LogP contribution in [0.5, 0.6) is 17.2 Å². The van der Waals surface area contributed by atoms with Gasteiger partial charge in [0.1, 0.15) is 0 Å². The molecule has 32 heavy (non-hydrogen) atoms. The zero-order valence-corrected chi connectivity index (χ0v) is 18.7. The molecular weight excluding hydrogens is 428 g/mol. The summed E-state index contributed by atoms with van der Waals surface area (Å²) in [6.07, 6.45) is 0. The number of hydrogen-bond acceptors (Lipinski definition) is 7. The first-order valence-electron chi connectivity index (χ1n) is 9.79. The summed E-state index contributed by atoms with van der Waals surface area (Å²) in [6, 6.07) is 16.7. The van der Waals surface area contributed by atoms with Gasteiger partial charge in [0.25, 0.3) is 0 Å². The molecule has 4 aromatic rings. The van der Waals surface area contributed by atoms with E-state index in [4.69, 9.17) is 24.3 Å². The summed E-state index contributed by atoms with van der Waals surface area (Å²) in [6.45, 7) is 0.555. The third-order valence-corrected chi connectivity index (χ3v) is 6.02. The molecule has 0 spiro atoms. The number of nitrogens with one attached hydrogen (secondary N) is 1. The average molecular weight is 451 g/mol. The maximum absolute atomic E-state index is 11.0. The van der Waals surface area contributed by atoms with Crippen molar-refractivity contribution in [3.8, 4) is 28.4 Å². The first-order chi connectivity index (χ1) is 15.5. The Labute approximate surface area is 189 Å². The van der Waals surface area contributed by atoms with E-state index in [2.05, 4.69) is 5.32 Å². The molecule has 0 atom stereocenters. The lowest BCUT2D eigenvalue weighted by Gasteiger charge is -2.14. The van der Waals surface area contributed by atoms with Crippen molar-refractivity contribution in [2.75, 3.05) is 26.6 Å². The van der Waals surface area contributed by atoms with E-state index in [9.17, 15) is 4.79 Å². The fourth-order valence-corrected chi connectivity index (χ4v) is 4.22. The van der Waals surface area contributed by atoms with Crippen LogP contribution in [-0.2, 0) is 6.54 Å². The van der Waals surface area contributed by atoms with Gasteiger partial charge in [0.2, 0.25) is 5.75 Å². The van der Waals surface area contributed by atoms with Gasteiger partial charge in [0, 0.05) is 6.54 Å². The first kappa shape index (κ1) is 21.5. The molecule has 0 fully saturated rings. The zero-order chi connectivity index (χ0) is 22.7. The minimum Gasteiger partial charge on any atom is -0.493 e. The Kier molecular flexibility index (Phi) is 6.13. The van der Waals surface area contributed by atoms with Crippen molar-refractivity contribution in [1.82, 2.24) is 4.98 Å². The molecule has 0 aliphatic carbocycles. The van der Waals surface area contributed by atoms with Crippen molar-refractivity contribution >= 4 is 32.7 Å². The van der Waals surface area contributed by atoms with Crippen molar-refractivity contribution in [2.45, 2.75) is 6.54 Å². The maximum Gasteiger partial charge on any atom is 0.335 e. The number of carboxylic acid groups (broad SMARTS) is 1. The molecule has 1 heterocycles. The number of benzene rings is 3. The molecule has 0 aliphatic rings. The number of hydrogen-bond donors (Lipinski definition) is 2. The Balaban J connectivity index is 1.57. The van der Waals surface area contributed by atoms with Gasteiger partial charge < -0.3 is 24.6 Å². The predicted octanol–water partition coefficient (Wildman–Crippen LogP) is 5.30. The summed E-state index contributed by atoms with van der Waals surface area (Å²) < 4.78 is 17.4. The molecule has 4 rings (SSSR count). The largest absolute Gasteiger partial charge is 0.493 e. The van der Waals surface area contributed by atoms with Gasteiger partial charge >= 0.3 is 5.97 Å². The number of methoxy groups -OCH3 is 3. The predicted molar refractivity (Wildman–Crippen MR) is 125 cm³/mol. The summed E-state index contributed by atoms with van der Waals surface area (Å²) in [5.41, 5.74) is 4.05. The molecule has 2 N–H and O–H groups in total. The zero-order valence-electron chi connectivity index (χ0n) is 17.8. The second kappa shape index (κ2) is 9.15. The number of anilines is 1. The highest BCUT2D eigenvalue weighted by Crippen LogP contribution is 2.42. The monoisotopic (exact) mass is 450 g/mol. The highest BCUT2D eigenvalue weighted by molar-refractivity contribution is 7.22. The van der Waals surface area contributed by atoms with E-state index in [1.807, 2.05) is 30.3 Å². The number of carbonyl (C=O) groups is 1. The van der Waals surface area contributed by atoms with Crippen LogP contribution in [-0.4, -0.2) is 37.4 Å². The summed E-state index contributed by atoms with van der Waals surface area (Å²) >= 11 is 1.56. The summed E-state index contributed by atoms with van der Waals surface area (Å²) in [4.78, 5) is 15.7. The number of ether oxygens (including phenoxy) is 3. The lowest BCUT2D eigenvalue weighted by Crippen LogP contribution is -2.00. The molecule has 0 unspecified atom stereocenters. The maximum atomic E-state index is 11.0. The molecule has 0 amide bonds. The van der Waals surface area contributed by atoms with E-state index in [0.29, 0.717) is 23.8 Å². The smallest absolute Gasteiger partial charge is 0.335 e. The highest BCUT2D eigenvalue weighted by Gasteiger charge is 2.15. The average Bonchev–Trinajstić information content (AvgIpc) is 3.24. The van der Waals surface area contributed by atoms with E-state index in [-0.39, 0.29) is 5.56 Å². The van der Waals surface area contributed by atoms with Gasteiger partial charge in [0.15, 0.2) is 16.6 Å². The Morgan fingerprint density at radius 1 is 0.938 bits per heavy atom. The molecule has 1 aromatic heterocycles. The normalized spacial score (nSPS) is 10.7. The van der Waals surface area contributed by atoms with Gasteiger partial charge in [-0.3, -0.25) is 0 Å². The number of thiazole rings is 1. The lowest BCUT2D eigenvalue weighted by atomic mass is 10.0. The number of aromatic nitrogens is 1. The molecule has 0 saturated heterocycles. The van der Waals surface area contributed by atoms with E-state index in [0.717, 1.165) is 32.0 Å². The van der Waals surface area contributed by atoms with Gasteiger partial charge in [0.05, 0.1) is 37.1 Å². The van der Waals surface area contributed by atoms with Crippen LogP contribution >= 0.6 is 11.3 Å². The van der Waals surface area contributed by atoms with Crippen LogP contribution in [0.25, 0.3) is 21.3 Å². The van der Waals surface area contributed by atoms with Gasteiger partial charge in [-0.05, 0) is 53.1 Å². The van der Waals surface area contributed by atoms with Crippen molar-refractivity contribution in [3.63, 3.8) is 0 Å².